The molecular weight excluding hydrogens is 472 g/mol. The number of sulfonamides is 1. The van der Waals surface area contributed by atoms with E-state index in [0.717, 1.165) is 14.9 Å². The van der Waals surface area contributed by atoms with Crippen LogP contribution in [0.4, 0.5) is 5.69 Å². The quantitative estimate of drug-likeness (QED) is 0.321. The van der Waals surface area contributed by atoms with Gasteiger partial charge in [-0.1, -0.05) is 42.5 Å². The molecule has 0 radical (unpaired) electrons. The third-order valence-corrected chi connectivity index (χ3v) is 7.82. The Hall–Kier alpha value is -3.69. The van der Waals surface area contributed by atoms with Gasteiger partial charge in [0.15, 0.2) is 0 Å². The van der Waals surface area contributed by atoms with Gasteiger partial charge in [0.05, 0.1) is 29.0 Å². The molecule has 34 heavy (non-hydrogen) atoms. The first-order valence-corrected chi connectivity index (χ1v) is 12.6. The Labute approximate surface area is 202 Å². The Kier molecular flexibility index (Phi) is 6.95. The van der Waals surface area contributed by atoms with E-state index in [-0.39, 0.29) is 17.1 Å². The van der Waals surface area contributed by atoms with E-state index in [1.807, 2.05) is 35.7 Å². The fourth-order valence-corrected chi connectivity index (χ4v) is 5.27. The molecule has 0 saturated heterocycles. The third-order valence-electron chi connectivity index (χ3n) is 5.10. The van der Waals surface area contributed by atoms with Gasteiger partial charge in [-0.15, -0.1) is 11.3 Å². The number of carbonyl (C=O) groups is 1. The van der Waals surface area contributed by atoms with Crippen molar-refractivity contribution >= 4 is 33.0 Å². The van der Waals surface area contributed by atoms with Gasteiger partial charge in [-0.25, -0.2) is 18.2 Å². The monoisotopic (exact) mass is 494 g/mol. The van der Waals surface area contributed by atoms with Crippen molar-refractivity contribution in [2.45, 2.75) is 11.5 Å². The van der Waals surface area contributed by atoms with E-state index >= 15 is 0 Å². The minimum absolute atomic E-state index is 0.0265. The fourth-order valence-electron chi connectivity index (χ4n) is 3.25. The molecule has 0 amide bonds. The standard InChI is InChI=1S/C25H22N2O5S2/c1-27(22-10-6-7-11-23(22)31-2)34(29,30)21-14-12-19(13-15-21)25(28)32-16-20-17-33-24(26-20)18-8-4-3-5-9-18/h3-15,17H,16H2,1-2H3. The van der Waals surface area contributed by atoms with E-state index in [9.17, 15) is 13.2 Å². The van der Waals surface area contributed by atoms with Crippen LogP contribution in [0.2, 0.25) is 0 Å². The topological polar surface area (TPSA) is 85.8 Å². The Bertz CT molecular complexity index is 1380. The number of methoxy groups -OCH3 is 1. The Balaban J connectivity index is 1.43. The zero-order chi connectivity index (χ0) is 24.1. The number of benzene rings is 3. The zero-order valence-electron chi connectivity index (χ0n) is 18.5. The van der Waals surface area contributed by atoms with E-state index in [1.165, 1.54) is 49.8 Å². The Morgan fingerprint density at radius 3 is 2.35 bits per heavy atom. The molecule has 0 fully saturated rings. The summed E-state index contributed by atoms with van der Waals surface area (Å²) < 4.78 is 37.9. The lowest BCUT2D eigenvalue weighted by Gasteiger charge is -2.21. The second-order valence-corrected chi connectivity index (χ2v) is 10.1. The predicted octanol–water partition coefficient (Wildman–Crippen LogP) is 5.00. The summed E-state index contributed by atoms with van der Waals surface area (Å²) in [5, 5.41) is 2.69. The lowest BCUT2D eigenvalue weighted by molar-refractivity contribution is 0.0468. The number of aromatic nitrogens is 1. The molecule has 0 aliphatic rings. The minimum Gasteiger partial charge on any atom is -0.495 e. The fraction of sp³-hybridized carbons (Fsp3) is 0.120. The lowest BCUT2D eigenvalue weighted by atomic mass is 10.2. The molecule has 0 N–H and O–H groups in total. The summed E-state index contributed by atoms with van der Waals surface area (Å²) in [6, 6.07) is 22.2. The summed E-state index contributed by atoms with van der Waals surface area (Å²) >= 11 is 1.48. The predicted molar refractivity (Wildman–Crippen MR) is 132 cm³/mol. The number of nitrogens with zero attached hydrogens (tertiary/aromatic N) is 2. The second-order valence-electron chi connectivity index (χ2n) is 7.25. The molecule has 0 bridgehead atoms. The van der Waals surface area contributed by atoms with Crippen LogP contribution in [-0.2, 0) is 21.4 Å². The van der Waals surface area contributed by atoms with E-state index in [4.69, 9.17) is 9.47 Å². The molecule has 0 aliphatic heterocycles. The summed E-state index contributed by atoms with van der Waals surface area (Å²) in [6.45, 7) is 0.0265. The molecular formula is C25H22N2O5S2. The van der Waals surface area contributed by atoms with Crippen molar-refractivity contribution in [1.29, 1.82) is 0 Å². The number of ether oxygens (including phenoxy) is 2. The molecule has 0 unspecified atom stereocenters. The molecule has 1 aromatic heterocycles. The highest BCUT2D eigenvalue weighted by Crippen LogP contribution is 2.31. The molecule has 174 valence electrons. The number of hydrogen-bond donors (Lipinski definition) is 0. The maximum atomic E-state index is 13.1. The maximum Gasteiger partial charge on any atom is 0.338 e. The van der Waals surface area contributed by atoms with Crippen molar-refractivity contribution in [3.05, 3.63) is 95.5 Å². The van der Waals surface area contributed by atoms with Gasteiger partial charge in [-0.3, -0.25) is 4.31 Å². The van der Waals surface area contributed by atoms with Crippen LogP contribution in [0.5, 0.6) is 5.75 Å². The molecule has 0 aliphatic carbocycles. The number of carbonyl (C=O) groups excluding carboxylic acids is 1. The summed E-state index contributed by atoms with van der Waals surface area (Å²) in [7, 11) is -0.922. The van der Waals surface area contributed by atoms with Gasteiger partial charge in [-0.05, 0) is 36.4 Å². The molecule has 7 nitrogen and oxygen atoms in total. The number of anilines is 1. The van der Waals surface area contributed by atoms with Crippen molar-refractivity contribution < 1.29 is 22.7 Å². The van der Waals surface area contributed by atoms with Gasteiger partial charge in [-0.2, -0.15) is 0 Å². The van der Waals surface area contributed by atoms with Crippen LogP contribution in [0.25, 0.3) is 10.6 Å². The average molecular weight is 495 g/mol. The minimum atomic E-state index is -3.85. The van der Waals surface area contributed by atoms with Gasteiger partial charge in [0, 0.05) is 18.0 Å². The largest absolute Gasteiger partial charge is 0.495 e. The first-order chi connectivity index (χ1) is 16.4. The number of rotatable bonds is 8. The highest BCUT2D eigenvalue weighted by molar-refractivity contribution is 7.92. The summed E-state index contributed by atoms with van der Waals surface area (Å²) in [5.41, 5.74) is 2.30. The smallest absolute Gasteiger partial charge is 0.338 e. The van der Waals surface area contributed by atoms with Crippen LogP contribution in [0.15, 0.2) is 89.1 Å². The summed E-state index contributed by atoms with van der Waals surface area (Å²) in [4.78, 5) is 17.0. The van der Waals surface area contributed by atoms with Crippen molar-refractivity contribution in [3.63, 3.8) is 0 Å². The maximum absolute atomic E-state index is 13.1. The van der Waals surface area contributed by atoms with Crippen LogP contribution < -0.4 is 9.04 Å². The lowest BCUT2D eigenvalue weighted by Crippen LogP contribution is -2.27. The van der Waals surface area contributed by atoms with Gasteiger partial charge in [0.1, 0.15) is 17.4 Å². The van der Waals surface area contributed by atoms with Crippen LogP contribution >= 0.6 is 11.3 Å². The van der Waals surface area contributed by atoms with Crippen LogP contribution in [0.3, 0.4) is 0 Å². The van der Waals surface area contributed by atoms with Gasteiger partial charge in [0.25, 0.3) is 10.0 Å². The average Bonchev–Trinajstić information content (AvgIpc) is 3.36. The Morgan fingerprint density at radius 1 is 0.971 bits per heavy atom. The summed E-state index contributed by atoms with van der Waals surface area (Å²) in [5.74, 6) is -0.123. The highest BCUT2D eigenvalue weighted by atomic mass is 32.2. The van der Waals surface area contributed by atoms with E-state index in [2.05, 4.69) is 4.98 Å². The van der Waals surface area contributed by atoms with Gasteiger partial charge < -0.3 is 9.47 Å². The molecule has 9 heteroatoms. The highest BCUT2D eigenvalue weighted by Gasteiger charge is 2.24. The molecule has 3 aromatic carbocycles. The third kappa shape index (κ3) is 4.95. The van der Waals surface area contributed by atoms with Gasteiger partial charge in [0.2, 0.25) is 0 Å². The molecule has 4 aromatic rings. The molecule has 1 heterocycles. The van der Waals surface area contributed by atoms with Crippen LogP contribution in [0, 0.1) is 0 Å². The van der Waals surface area contributed by atoms with Crippen molar-refractivity contribution in [1.82, 2.24) is 4.98 Å². The zero-order valence-corrected chi connectivity index (χ0v) is 20.2. The number of esters is 1. The number of para-hydroxylation sites is 2. The van der Waals surface area contributed by atoms with Crippen molar-refractivity contribution in [2.75, 3.05) is 18.5 Å². The van der Waals surface area contributed by atoms with E-state index in [0.29, 0.717) is 17.1 Å². The molecule has 0 saturated carbocycles. The number of thiazole rings is 1. The van der Waals surface area contributed by atoms with Crippen molar-refractivity contribution in [2.24, 2.45) is 0 Å². The van der Waals surface area contributed by atoms with Crippen LogP contribution in [0.1, 0.15) is 16.1 Å². The molecule has 0 spiro atoms. The molecule has 4 rings (SSSR count). The van der Waals surface area contributed by atoms with Crippen LogP contribution in [-0.4, -0.2) is 33.5 Å². The summed E-state index contributed by atoms with van der Waals surface area (Å²) in [6.07, 6.45) is 0. The molecule has 0 atom stereocenters. The normalized spacial score (nSPS) is 11.1. The first-order valence-electron chi connectivity index (χ1n) is 10.3. The van der Waals surface area contributed by atoms with Crippen molar-refractivity contribution in [3.8, 4) is 16.3 Å². The SMILES string of the molecule is COc1ccccc1N(C)S(=O)(=O)c1ccc(C(=O)OCc2csc(-c3ccccc3)n2)cc1. The first kappa shape index (κ1) is 23.5. The Morgan fingerprint density at radius 2 is 1.65 bits per heavy atom. The van der Waals surface area contributed by atoms with Gasteiger partial charge >= 0.3 is 5.97 Å². The van der Waals surface area contributed by atoms with E-state index in [1.54, 1.807) is 24.3 Å². The number of hydrogen-bond acceptors (Lipinski definition) is 7. The van der Waals surface area contributed by atoms with E-state index < -0.39 is 16.0 Å². The second kappa shape index (κ2) is 10.1.